The molecule has 3 heterocycles. The molecule has 6 nitrogen and oxygen atoms in total. The van der Waals surface area contributed by atoms with Gasteiger partial charge in [0.2, 0.25) is 0 Å². The van der Waals surface area contributed by atoms with Gasteiger partial charge in [0.1, 0.15) is 5.75 Å². The molecule has 1 aliphatic heterocycles. The van der Waals surface area contributed by atoms with Gasteiger partial charge in [-0.25, -0.2) is 0 Å². The normalized spacial score (nSPS) is 18.3. The zero-order valence-electron chi connectivity index (χ0n) is 19.2. The topological polar surface area (TPSA) is 45.6 Å². The summed E-state index contributed by atoms with van der Waals surface area (Å²) in [5.41, 5.74) is 4.47. The summed E-state index contributed by atoms with van der Waals surface area (Å²) in [7, 11) is 5.90. The average Bonchev–Trinajstić information content (AvgIpc) is 3.33. The molecule has 1 aliphatic rings. The monoisotopic (exact) mass is 449 g/mol. The Kier molecular flexibility index (Phi) is 6.77. The minimum absolute atomic E-state index is 0.0191. The van der Waals surface area contributed by atoms with Gasteiger partial charge in [0.25, 0.3) is 0 Å². The maximum Gasteiger partial charge on any atom is 0.170 e. The van der Waals surface area contributed by atoms with Gasteiger partial charge in [-0.3, -0.25) is 4.98 Å². The van der Waals surface area contributed by atoms with Crippen LogP contribution >= 0.6 is 12.2 Å². The van der Waals surface area contributed by atoms with E-state index in [1.54, 1.807) is 7.11 Å². The van der Waals surface area contributed by atoms with E-state index in [1.807, 2.05) is 30.5 Å². The summed E-state index contributed by atoms with van der Waals surface area (Å²) in [6.45, 7) is 4.03. The molecule has 0 radical (unpaired) electrons. The molecule has 1 saturated heterocycles. The van der Waals surface area contributed by atoms with Crippen LogP contribution in [-0.4, -0.2) is 58.8 Å². The number of nitrogens with one attached hydrogen (secondary N) is 1. The van der Waals surface area contributed by atoms with E-state index in [0.717, 1.165) is 41.8 Å². The Morgan fingerprint density at radius 2 is 1.88 bits per heavy atom. The quantitative estimate of drug-likeness (QED) is 0.522. The lowest BCUT2D eigenvalue weighted by Crippen LogP contribution is -2.33. The number of hydrogen-bond acceptors (Lipinski definition) is 4. The predicted molar refractivity (Wildman–Crippen MR) is 132 cm³/mol. The molecule has 1 aromatic carbocycles. The van der Waals surface area contributed by atoms with Crippen LogP contribution < -0.4 is 10.1 Å². The molecule has 1 fully saturated rings. The van der Waals surface area contributed by atoms with Gasteiger partial charge < -0.3 is 24.4 Å². The fourth-order valence-corrected chi connectivity index (χ4v) is 4.73. The summed E-state index contributed by atoms with van der Waals surface area (Å²) in [5, 5.41) is 4.34. The lowest BCUT2D eigenvalue weighted by atomic mass is 10.0. The van der Waals surface area contributed by atoms with E-state index in [2.05, 4.69) is 76.0 Å². The third-order valence-corrected chi connectivity index (χ3v) is 6.29. The number of rotatable bonds is 8. The molecular weight excluding hydrogens is 418 g/mol. The second kappa shape index (κ2) is 9.71. The van der Waals surface area contributed by atoms with E-state index < -0.39 is 0 Å². The van der Waals surface area contributed by atoms with Crippen LogP contribution in [0.1, 0.15) is 35.6 Å². The Bertz CT molecular complexity index is 1050. The lowest BCUT2D eigenvalue weighted by molar-refractivity contribution is 0.286. The lowest BCUT2D eigenvalue weighted by Gasteiger charge is -2.29. The molecule has 7 heteroatoms. The van der Waals surface area contributed by atoms with Crippen LogP contribution in [-0.2, 0) is 0 Å². The fourth-order valence-electron chi connectivity index (χ4n) is 4.40. The zero-order valence-corrected chi connectivity index (χ0v) is 20.0. The molecule has 0 aliphatic carbocycles. The Labute approximate surface area is 195 Å². The molecule has 32 heavy (non-hydrogen) atoms. The van der Waals surface area contributed by atoms with Gasteiger partial charge >= 0.3 is 0 Å². The van der Waals surface area contributed by atoms with Crippen molar-refractivity contribution in [3.63, 3.8) is 0 Å². The maximum atomic E-state index is 5.82. The molecule has 0 bridgehead atoms. The van der Waals surface area contributed by atoms with Crippen LogP contribution in [0.5, 0.6) is 5.75 Å². The van der Waals surface area contributed by atoms with Crippen molar-refractivity contribution in [1.82, 2.24) is 24.7 Å². The van der Waals surface area contributed by atoms with Gasteiger partial charge in [0.05, 0.1) is 24.9 Å². The summed E-state index contributed by atoms with van der Waals surface area (Å²) < 4.78 is 7.67. The number of nitrogens with zero attached hydrogens (tertiary/aromatic N) is 4. The molecule has 1 N–H and O–H groups in total. The minimum atomic E-state index is -0.0191. The summed E-state index contributed by atoms with van der Waals surface area (Å²) in [6.07, 6.45) is 2.88. The van der Waals surface area contributed by atoms with Crippen LogP contribution in [0, 0.1) is 6.92 Å². The number of benzene rings is 1. The number of hydrogen-bond donors (Lipinski definition) is 1. The fraction of sp³-hybridized carbons (Fsp3) is 0.360. The van der Waals surface area contributed by atoms with E-state index >= 15 is 0 Å². The van der Waals surface area contributed by atoms with Gasteiger partial charge in [-0.2, -0.15) is 0 Å². The highest BCUT2D eigenvalue weighted by Gasteiger charge is 2.41. The summed E-state index contributed by atoms with van der Waals surface area (Å²) in [5.74, 6) is 0.848. The average molecular weight is 450 g/mol. The molecular formula is C25H31N5OS. The van der Waals surface area contributed by atoms with Crippen LogP contribution in [0.15, 0.2) is 60.8 Å². The summed E-state index contributed by atoms with van der Waals surface area (Å²) in [6, 6.07) is 18.7. The third kappa shape index (κ3) is 4.49. The molecule has 2 atom stereocenters. The van der Waals surface area contributed by atoms with Gasteiger partial charge in [-0.05, 0) is 94.7 Å². The predicted octanol–water partition coefficient (Wildman–Crippen LogP) is 4.11. The molecule has 4 rings (SSSR count). The number of aromatic nitrogens is 2. The summed E-state index contributed by atoms with van der Waals surface area (Å²) in [4.78, 5) is 9.20. The SMILES string of the molecule is COc1ccc(-n2c(C)ccc2C2C(c3ccccn3)NC(=S)N2CCCN(C)C)cc1. The number of pyridine rings is 1. The number of ether oxygens (including phenoxy) is 1. The largest absolute Gasteiger partial charge is 0.497 e. The first-order valence-electron chi connectivity index (χ1n) is 10.9. The zero-order chi connectivity index (χ0) is 22.7. The number of thiocarbonyl (C=S) groups is 1. The second-order valence-electron chi connectivity index (χ2n) is 8.41. The van der Waals surface area contributed by atoms with Crippen LogP contribution in [0.3, 0.4) is 0 Å². The van der Waals surface area contributed by atoms with Crippen molar-refractivity contribution in [2.75, 3.05) is 34.3 Å². The first-order chi connectivity index (χ1) is 15.5. The standard InChI is InChI=1S/C25H31N5OS/c1-18-9-14-22(30(18)19-10-12-20(31-4)13-11-19)24-23(21-8-5-6-15-26-21)27-25(32)29(24)17-7-16-28(2)3/h5-6,8-15,23-24H,7,16-17H2,1-4H3,(H,27,32). The van der Waals surface area contributed by atoms with Crippen molar-refractivity contribution < 1.29 is 4.74 Å². The van der Waals surface area contributed by atoms with Crippen LogP contribution in [0.2, 0.25) is 0 Å². The highest BCUT2D eigenvalue weighted by Crippen LogP contribution is 2.40. The first kappa shape index (κ1) is 22.3. The van der Waals surface area contributed by atoms with Gasteiger partial charge in [-0.15, -0.1) is 0 Å². The minimum Gasteiger partial charge on any atom is -0.497 e. The Morgan fingerprint density at radius 1 is 1.09 bits per heavy atom. The van der Waals surface area contributed by atoms with Crippen molar-refractivity contribution in [2.24, 2.45) is 0 Å². The third-order valence-electron chi connectivity index (χ3n) is 5.94. The van der Waals surface area contributed by atoms with Crippen molar-refractivity contribution in [3.05, 3.63) is 77.9 Å². The maximum absolute atomic E-state index is 5.82. The molecule has 168 valence electrons. The van der Waals surface area contributed by atoms with Gasteiger partial charge in [0, 0.05) is 29.8 Å². The second-order valence-corrected chi connectivity index (χ2v) is 8.80. The van der Waals surface area contributed by atoms with Gasteiger partial charge in [0.15, 0.2) is 5.11 Å². The Balaban J connectivity index is 1.76. The van der Waals surface area contributed by atoms with E-state index in [9.17, 15) is 0 Å². The van der Waals surface area contributed by atoms with E-state index in [-0.39, 0.29) is 12.1 Å². The van der Waals surface area contributed by atoms with Crippen molar-refractivity contribution in [1.29, 1.82) is 0 Å². The van der Waals surface area contributed by atoms with Gasteiger partial charge in [-0.1, -0.05) is 6.07 Å². The van der Waals surface area contributed by atoms with Crippen LogP contribution in [0.25, 0.3) is 5.69 Å². The molecule has 3 aromatic rings. The van der Waals surface area contributed by atoms with E-state index in [4.69, 9.17) is 17.0 Å². The van der Waals surface area contributed by atoms with Crippen molar-refractivity contribution in [2.45, 2.75) is 25.4 Å². The highest BCUT2D eigenvalue weighted by atomic mass is 32.1. The van der Waals surface area contributed by atoms with E-state index in [0.29, 0.717) is 0 Å². The van der Waals surface area contributed by atoms with Crippen molar-refractivity contribution in [3.8, 4) is 11.4 Å². The first-order valence-corrected chi connectivity index (χ1v) is 11.4. The smallest absolute Gasteiger partial charge is 0.170 e. The van der Waals surface area contributed by atoms with Crippen molar-refractivity contribution >= 4 is 17.3 Å². The van der Waals surface area contributed by atoms with Crippen LogP contribution in [0.4, 0.5) is 0 Å². The molecule has 0 amide bonds. The highest BCUT2D eigenvalue weighted by molar-refractivity contribution is 7.80. The summed E-state index contributed by atoms with van der Waals surface area (Å²) >= 11 is 5.82. The number of methoxy groups -OCH3 is 1. The number of aryl methyl sites for hydroxylation is 1. The molecule has 0 spiro atoms. The Hall–Kier alpha value is -2.90. The molecule has 0 saturated carbocycles. The molecule has 2 aromatic heterocycles. The Morgan fingerprint density at radius 3 is 2.53 bits per heavy atom. The molecule has 2 unspecified atom stereocenters. The van der Waals surface area contributed by atoms with E-state index in [1.165, 1.54) is 11.4 Å².